The van der Waals surface area contributed by atoms with E-state index in [9.17, 15) is 8.42 Å². The third kappa shape index (κ3) is 4.44. The van der Waals surface area contributed by atoms with Crippen molar-refractivity contribution in [1.29, 1.82) is 0 Å². The van der Waals surface area contributed by atoms with E-state index in [1.54, 1.807) is 25.3 Å². The van der Waals surface area contributed by atoms with E-state index >= 15 is 0 Å². The molecule has 0 aliphatic carbocycles. The lowest BCUT2D eigenvalue weighted by atomic mass is 10.2. The van der Waals surface area contributed by atoms with Crippen molar-refractivity contribution in [2.45, 2.75) is 13.8 Å². The molecule has 1 aromatic carbocycles. The molecule has 7 heteroatoms. The van der Waals surface area contributed by atoms with Crippen molar-refractivity contribution in [2.75, 3.05) is 15.8 Å². The summed E-state index contributed by atoms with van der Waals surface area (Å²) in [5.74, 6) is 0.335. The number of hydrogen-bond donors (Lipinski definition) is 2. The van der Waals surface area contributed by atoms with Crippen molar-refractivity contribution >= 4 is 43.1 Å². The van der Waals surface area contributed by atoms with Crippen molar-refractivity contribution in [2.24, 2.45) is 0 Å². The Balaban J connectivity index is 2.12. The largest absolute Gasteiger partial charge is 0.354 e. The second-order valence-corrected chi connectivity index (χ2v) is 7.45. The molecular formula is C14H16BrN3O2S. The van der Waals surface area contributed by atoms with E-state index in [0.717, 1.165) is 21.4 Å². The van der Waals surface area contributed by atoms with E-state index < -0.39 is 10.0 Å². The van der Waals surface area contributed by atoms with Crippen LogP contribution in [0.2, 0.25) is 0 Å². The highest BCUT2D eigenvalue weighted by molar-refractivity contribution is 9.10. The molecule has 0 bridgehead atoms. The van der Waals surface area contributed by atoms with Crippen molar-refractivity contribution in [3.8, 4) is 0 Å². The lowest BCUT2D eigenvalue weighted by Crippen LogP contribution is -2.15. The van der Waals surface area contributed by atoms with Crippen LogP contribution >= 0.6 is 15.9 Å². The number of anilines is 3. The van der Waals surface area contributed by atoms with E-state index in [-0.39, 0.29) is 5.75 Å². The maximum absolute atomic E-state index is 11.5. The molecule has 2 rings (SSSR count). The van der Waals surface area contributed by atoms with Gasteiger partial charge in [0.1, 0.15) is 5.82 Å². The molecule has 0 radical (unpaired) electrons. The third-order valence-electron chi connectivity index (χ3n) is 2.87. The van der Waals surface area contributed by atoms with Gasteiger partial charge in [-0.3, -0.25) is 4.72 Å². The van der Waals surface area contributed by atoms with Gasteiger partial charge in [0.05, 0.1) is 17.6 Å². The Morgan fingerprint density at radius 1 is 1.24 bits per heavy atom. The summed E-state index contributed by atoms with van der Waals surface area (Å²) in [7, 11) is -3.29. The van der Waals surface area contributed by atoms with Gasteiger partial charge in [-0.05, 0) is 49.7 Å². The van der Waals surface area contributed by atoms with Crippen LogP contribution in [-0.4, -0.2) is 19.2 Å². The highest BCUT2D eigenvalue weighted by Gasteiger charge is 2.07. The highest BCUT2D eigenvalue weighted by Crippen LogP contribution is 2.23. The summed E-state index contributed by atoms with van der Waals surface area (Å²) >= 11 is 3.42. The first-order valence-electron chi connectivity index (χ1n) is 6.39. The summed E-state index contributed by atoms with van der Waals surface area (Å²) in [6.07, 6.45) is 1.59. The van der Waals surface area contributed by atoms with Gasteiger partial charge in [-0.1, -0.05) is 15.9 Å². The Hall–Kier alpha value is -1.60. The van der Waals surface area contributed by atoms with Crippen LogP contribution in [0.25, 0.3) is 0 Å². The topological polar surface area (TPSA) is 71.1 Å². The van der Waals surface area contributed by atoms with Crippen molar-refractivity contribution in [1.82, 2.24) is 4.98 Å². The molecule has 0 aliphatic heterocycles. The third-order valence-corrected chi connectivity index (χ3v) is 4.64. The van der Waals surface area contributed by atoms with Crippen molar-refractivity contribution in [3.05, 3.63) is 46.6 Å². The molecule has 0 unspecified atom stereocenters. The fourth-order valence-corrected chi connectivity index (χ4v) is 2.74. The number of nitrogens with one attached hydrogen (secondary N) is 2. The van der Waals surface area contributed by atoms with Crippen LogP contribution in [-0.2, 0) is 10.0 Å². The fourth-order valence-electron chi connectivity index (χ4n) is 1.68. The molecule has 0 saturated heterocycles. The summed E-state index contributed by atoms with van der Waals surface area (Å²) in [4.78, 5) is 4.09. The van der Waals surface area contributed by atoms with E-state index in [4.69, 9.17) is 0 Å². The molecule has 0 fully saturated rings. The van der Waals surface area contributed by atoms with Crippen LogP contribution in [0.1, 0.15) is 12.5 Å². The predicted octanol–water partition coefficient (Wildman–Crippen LogP) is 3.66. The molecule has 21 heavy (non-hydrogen) atoms. The quantitative estimate of drug-likeness (QED) is 0.843. The van der Waals surface area contributed by atoms with E-state index in [2.05, 4.69) is 31.0 Å². The van der Waals surface area contributed by atoms with Gasteiger partial charge in [0.15, 0.2) is 0 Å². The minimum atomic E-state index is -3.29. The minimum absolute atomic E-state index is 0.0206. The zero-order valence-corrected chi connectivity index (χ0v) is 14.1. The summed E-state index contributed by atoms with van der Waals surface area (Å²) in [5, 5.41) is 3.24. The number of aromatic nitrogens is 1. The highest BCUT2D eigenvalue weighted by atomic mass is 79.9. The normalized spacial score (nSPS) is 11.2. The van der Waals surface area contributed by atoms with Crippen molar-refractivity contribution < 1.29 is 8.42 Å². The zero-order valence-electron chi connectivity index (χ0n) is 11.7. The van der Waals surface area contributed by atoms with Gasteiger partial charge in [-0.2, -0.15) is 0 Å². The molecule has 0 saturated carbocycles. The van der Waals surface area contributed by atoms with Gasteiger partial charge in [-0.25, -0.2) is 13.4 Å². The fraction of sp³-hybridized carbons (Fsp3) is 0.214. The Kier molecular flexibility index (Phi) is 4.84. The lowest BCUT2D eigenvalue weighted by Gasteiger charge is -2.10. The van der Waals surface area contributed by atoms with Gasteiger partial charge >= 0.3 is 0 Å². The van der Waals surface area contributed by atoms with Gasteiger partial charge in [0.2, 0.25) is 10.0 Å². The molecular weight excluding hydrogens is 354 g/mol. The van der Waals surface area contributed by atoms with Crippen LogP contribution in [0.3, 0.4) is 0 Å². The Bertz CT molecular complexity index is 730. The average Bonchev–Trinajstić information content (AvgIpc) is 2.44. The number of halogens is 1. The van der Waals surface area contributed by atoms with E-state index in [0.29, 0.717) is 5.82 Å². The standard InChI is InChI=1S/C14H16BrN3O2S/c1-3-21(19,20)18-14-7-5-12(9-16-14)17-13-6-4-11(15)8-10(13)2/h4-9,17H,3H2,1-2H3,(H,16,18). The molecule has 0 atom stereocenters. The molecule has 1 aromatic heterocycles. The number of benzene rings is 1. The van der Waals surface area contributed by atoms with Gasteiger partial charge < -0.3 is 5.32 Å². The van der Waals surface area contributed by atoms with Crippen LogP contribution in [0.15, 0.2) is 41.0 Å². The molecule has 5 nitrogen and oxygen atoms in total. The summed E-state index contributed by atoms with van der Waals surface area (Å²) in [6.45, 7) is 3.58. The van der Waals surface area contributed by atoms with Crippen LogP contribution in [0.4, 0.5) is 17.2 Å². The minimum Gasteiger partial charge on any atom is -0.354 e. The second-order valence-electron chi connectivity index (χ2n) is 4.52. The maximum atomic E-state index is 11.5. The number of sulfonamides is 1. The molecule has 1 heterocycles. The number of pyridine rings is 1. The Morgan fingerprint density at radius 3 is 2.57 bits per heavy atom. The monoisotopic (exact) mass is 369 g/mol. The Labute approximate surface area is 133 Å². The van der Waals surface area contributed by atoms with Gasteiger partial charge in [0.25, 0.3) is 0 Å². The summed E-state index contributed by atoms with van der Waals surface area (Å²) < 4.78 is 26.3. The van der Waals surface area contributed by atoms with Gasteiger partial charge in [0, 0.05) is 10.2 Å². The van der Waals surface area contributed by atoms with Crippen LogP contribution in [0.5, 0.6) is 0 Å². The Morgan fingerprint density at radius 2 is 2.00 bits per heavy atom. The van der Waals surface area contributed by atoms with Gasteiger partial charge in [-0.15, -0.1) is 0 Å². The van der Waals surface area contributed by atoms with Crippen molar-refractivity contribution in [3.63, 3.8) is 0 Å². The first-order chi connectivity index (χ1) is 9.89. The maximum Gasteiger partial charge on any atom is 0.233 e. The smallest absolute Gasteiger partial charge is 0.233 e. The number of nitrogens with zero attached hydrogens (tertiary/aromatic N) is 1. The average molecular weight is 370 g/mol. The summed E-state index contributed by atoms with van der Waals surface area (Å²) in [6, 6.07) is 9.34. The number of rotatable bonds is 5. The number of aryl methyl sites for hydroxylation is 1. The van der Waals surface area contributed by atoms with Crippen LogP contribution < -0.4 is 10.0 Å². The molecule has 0 spiro atoms. The molecule has 2 aromatic rings. The predicted molar refractivity (Wildman–Crippen MR) is 89.5 cm³/mol. The van der Waals surface area contributed by atoms with Crippen LogP contribution in [0, 0.1) is 6.92 Å². The summed E-state index contributed by atoms with van der Waals surface area (Å²) in [5.41, 5.74) is 2.86. The zero-order chi connectivity index (χ0) is 15.5. The first kappa shape index (κ1) is 15.8. The second kappa shape index (κ2) is 6.44. The molecule has 0 amide bonds. The lowest BCUT2D eigenvalue weighted by molar-refractivity contribution is 0.602. The number of hydrogen-bond acceptors (Lipinski definition) is 4. The van der Waals surface area contributed by atoms with E-state index in [1.807, 2.05) is 25.1 Å². The first-order valence-corrected chi connectivity index (χ1v) is 8.84. The van der Waals surface area contributed by atoms with E-state index in [1.165, 1.54) is 0 Å². The molecule has 0 aliphatic rings. The molecule has 112 valence electrons. The SMILES string of the molecule is CCS(=O)(=O)Nc1ccc(Nc2ccc(Br)cc2C)cn1. The molecule has 2 N–H and O–H groups in total.